The Kier molecular flexibility index (Phi) is 6.77. The molecule has 0 aliphatic carbocycles. The van der Waals surface area contributed by atoms with Gasteiger partial charge in [-0.2, -0.15) is 4.31 Å². The molecule has 8 heteroatoms. The Balaban J connectivity index is 1.68. The van der Waals surface area contributed by atoms with Gasteiger partial charge >= 0.3 is 0 Å². The van der Waals surface area contributed by atoms with Crippen LogP contribution < -0.4 is 5.32 Å². The third-order valence-electron chi connectivity index (χ3n) is 4.45. The molecule has 6 nitrogen and oxygen atoms in total. The van der Waals surface area contributed by atoms with Gasteiger partial charge in [0.25, 0.3) is 0 Å². The Bertz CT molecular complexity index is 937. The van der Waals surface area contributed by atoms with Crippen LogP contribution in [-0.2, 0) is 19.6 Å². The van der Waals surface area contributed by atoms with Gasteiger partial charge in [-0.15, -0.1) is 11.8 Å². The smallest absolute Gasteiger partial charge is 0.243 e. The highest BCUT2D eigenvalue weighted by atomic mass is 32.2. The van der Waals surface area contributed by atoms with Crippen molar-refractivity contribution < 1.29 is 17.9 Å². The van der Waals surface area contributed by atoms with Crippen molar-refractivity contribution in [1.82, 2.24) is 4.31 Å². The minimum Gasteiger partial charge on any atom is -0.379 e. The molecule has 0 saturated carbocycles. The van der Waals surface area contributed by atoms with E-state index in [1.54, 1.807) is 19.1 Å². The molecular formula is C20H24N2O4S2. The van der Waals surface area contributed by atoms with Crippen LogP contribution in [-0.4, -0.2) is 50.7 Å². The number of carbonyl (C=O) groups excluding carboxylic acids is 1. The minimum absolute atomic E-state index is 0.177. The summed E-state index contributed by atoms with van der Waals surface area (Å²) in [7, 11) is -3.61. The van der Waals surface area contributed by atoms with Crippen molar-refractivity contribution in [2.75, 3.05) is 37.4 Å². The maximum atomic E-state index is 12.9. The standard InChI is InChI=1S/C20H24N2O4S2/c1-15-3-7-18(8-4-15)27-14-20(23)21-17-6-5-16(2)19(13-17)28(24,25)22-9-11-26-12-10-22/h3-8,13H,9-12,14H2,1-2H3,(H,21,23). The Morgan fingerprint density at radius 1 is 1.11 bits per heavy atom. The van der Waals surface area contributed by atoms with Crippen LogP contribution in [0.2, 0.25) is 0 Å². The lowest BCUT2D eigenvalue weighted by molar-refractivity contribution is -0.113. The van der Waals surface area contributed by atoms with Crippen molar-refractivity contribution >= 4 is 33.4 Å². The van der Waals surface area contributed by atoms with Crippen molar-refractivity contribution in [2.45, 2.75) is 23.6 Å². The van der Waals surface area contributed by atoms with Crippen molar-refractivity contribution in [1.29, 1.82) is 0 Å². The highest BCUT2D eigenvalue weighted by Gasteiger charge is 2.28. The van der Waals surface area contributed by atoms with Crippen molar-refractivity contribution in [2.24, 2.45) is 0 Å². The Hall–Kier alpha value is -1.87. The third-order valence-corrected chi connectivity index (χ3v) is 7.50. The van der Waals surface area contributed by atoms with Crippen LogP contribution in [0.5, 0.6) is 0 Å². The summed E-state index contributed by atoms with van der Waals surface area (Å²) in [4.78, 5) is 13.5. The van der Waals surface area contributed by atoms with Gasteiger partial charge in [-0.3, -0.25) is 4.79 Å². The van der Waals surface area contributed by atoms with E-state index in [9.17, 15) is 13.2 Å². The number of morpholine rings is 1. The summed E-state index contributed by atoms with van der Waals surface area (Å²) in [5, 5.41) is 2.80. The van der Waals surface area contributed by atoms with E-state index < -0.39 is 10.0 Å². The number of anilines is 1. The maximum Gasteiger partial charge on any atom is 0.243 e. The van der Waals surface area contributed by atoms with E-state index in [2.05, 4.69) is 5.32 Å². The van der Waals surface area contributed by atoms with Crippen LogP contribution in [0.15, 0.2) is 52.3 Å². The number of hydrogen-bond acceptors (Lipinski definition) is 5. The number of nitrogens with zero attached hydrogens (tertiary/aromatic N) is 1. The van der Waals surface area contributed by atoms with Gasteiger partial charge in [0.2, 0.25) is 15.9 Å². The van der Waals surface area contributed by atoms with E-state index in [4.69, 9.17) is 4.74 Å². The SMILES string of the molecule is Cc1ccc(SCC(=O)Nc2ccc(C)c(S(=O)(=O)N3CCOCC3)c2)cc1. The van der Waals surface area contributed by atoms with Crippen LogP contribution in [0.1, 0.15) is 11.1 Å². The quantitative estimate of drug-likeness (QED) is 0.727. The van der Waals surface area contributed by atoms with E-state index in [0.717, 1.165) is 4.90 Å². The number of rotatable bonds is 6. The van der Waals surface area contributed by atoms with Crippen molar-refractivity contribution in [3.05, 3.63) is 53.6 Å². The highest BCUT2D eigenvalue weighted by Crippen LogP contribution is 2.25. The maximum absolute atomic E-state index is 12.9. The number of nitrogens with one attached hydrogen (secondary N) is 1. The molecule has 0 aromatic heterocycles. The fourth-order valence-electron chi connectivity index (χ4n) is 2.86. The third kappa shape index (κ3) is 5.14. The molecule has 0 bridgehead atoms. The second-order valence-electron chi connectivity index (χ2n) is 6.65. The lowest BCUT2D eigenvalue weighted by Crippen LogP contribution is -2.40. The monoisotopic (exact) mass is 420 g/mol. The predicted octanol–water partition coefficient (Wildman–Crippen LogP) is 3.06. The second-order valence-corrected chi connectivity index (χ2v) is 9.60. The molecule has 0 radical (unpaired) electrons. The Morgan fingerprint density at radius 2 is 1.79 bits per heavy atom. The summed E-state index contributed by atoms with van der Waals surface area (Å²) in [5.41, 5.74) is 2.30. The number of hydrogen-bond donors (Lipinski definition) is 1. The van der Waals surface area contributed by atoms with E-state index in [-0.39, 0.29) is 16.6 Å². The molecule has 0 atom stereocenters. The summed E-state index contributed by atoms with van der Waals surface area (Å²) < 4.78 is 32.5. The molecule has 1 amide bonds. The first-order chi connectivity index (χ1) is 13.4. The topological polar surface area (TPSA) is 75.7 Å². The number of aryl methyl sites for hydroxylation is 2. The van der Waals surface area contributed by atoms with E-state index in [1.807, 2.05) is 31.2 Å². The average Bonchev–Trinajstić information content (AvgIpc) is 2.69. The van der Waals surface area contributed by atoms with Crippen LogP contribution in [0.3, 0.4) is 0 Å². The van der Waals surface area contributed by atoms with Gasteiger partial charge in [-0.05, 0) is 43.7 Å². The molecule has 150 valence electrons. The number of sulfonamides is 1. The molecule has 2 aromatic carbocycles. The fraction of sp³-hybridized carbons (Fsp3) is 0.350. The summed E-state index contributed by atoms with van der Waals surface area (Å²) in [5.74, 6) is 0.0758. The van der Waals surface area contributed by atoms with Crippen LogP contribution in [0.25, 0.3) is 0 Å². The number of amides is 1. The second kappa shape index (κ2) is 9.09. The first-order valence-corrected chi connectivity index (χ1v) is 11.5. The predicted molar refractivity (Wildman–Crippen MR) is 111 cm³/mol. The minimum atomic E-state index is -3.61. The van der Waals surface area contributed by atoms with Gasteiger partial charge in [0.1, 0.15) is 0 Å². The van der Waals surface area contributed by atoms with Gasteiger partial charge in [-0.25, -0.2) is 8.42 Å². The van der Waals surface area contributed by atoms with Crippen LogP contribution in [0.4, 0.5) is 5.69 Å². The first-order valence-electron chi connectivity index (χ1n) is 9.04. The molecule has 0 spiro atoms. The van der Waals surface area contributed by atoms with Gasteiger partial charge in [0.15, 0.2) is 0 Å². The molecule has 1 saturated heterocycles. The Labute approximate surface area is 170 Å². The fourth-order valence-corrected chi connectivity index (χ4v) is 5.22. The number of thioether (sulfide) groups is 1. The Morgan fingerprint density at radius 3 is 2.46 bits per heavy atom. The van der Waals surface area contributed by atoms with Crippen LogP contribution >= 0.6 is 11.8 Å². The van der Waals surface area contributed by atoms with Crippen molar-refractivity contribution in [3.63, 3.8) is 0 Å². The largest absolute Gasteiger partial charge is 0.379 e. The van der Waals surface area contributed by atoms with E-state index >= 15 is 0 Å². The molecular weight excluding hydrogens is 396 g/mol. The van der Waals surface area contributed by atoms with E-state index in [0.29, 0.717) is 37.6 Å². The molecule has 0 unspecified atom stereocenters. The number of ether oxygens (including phenoxy) is 1. The van der Waals surface area contributed by atoms with Gasteiger partial charge < -0.3 is 10.1 Å². The summed E-state index contributed by atoms with van der Waals surface area (Å²) >= 11 is 1.44. The highest BCUT2D eigenvalue weighted by molar-refractivity contribution is 8.00. The molecule has 2 aromatic rings. The molecule has 1 heterocycles. The molecule has 1 aliphatic heterocycles. The zero-order valence-electron chi connectivity index (χ0n) is 16.0. The zero-order chi connectivity index (χ0) is 20.1. The first kappa shape index (κ1) is 20.9. The molecule has 3 rings (SSSR count). The number of carbonyl (C=O) groups is 1. The van der Waals surface area contributed by atoms with E-state index in [1.165, 1.54) is 27.7 Å². The van der Waals surface area contributed by atoms with Gasteiger partial charge in [-0.1, -0.05) is 23.8 Å². The number of benzene rings is 2. The molecule has 28 heavy (non-hydrogen) atoms. The lowest BCUT2D eigenvalue weighted by atomic mass is 10.2. The molecule has 1 N–H and O–H groups in total. The normalized spacial score (nSPS) is 15.4. The van der Waals surface area contributed by atoms with Gasteiger partial charge in [0, 0.05) is 23.7 Å². The zero-order valence-corrected chi connectivity index (χ0v) is 17.6. The summed E-state index contributed by atoms with van der Waals surface area (Å²) in [6, 6.07) is 12.9. The molecule has 1 aliphatic rings. The summed E-state index contributed by atoms with van der Waals surface area (Å²) in [6.07, 6.45) is 0. The van der Waals surface area contributed by atoms with Gasteiger partial charge in [0.05, 0.1) is 23.9 Å². The summed E-state index contributed by atoms with van der Waals surface area (Å²) in [6.45, 7) is 5.24. The lowest BCUT2D eigenvalue weighted by Gasteiger charge is -2.26. The average molecular weight is 421 g/mol. The molecule has 1 fully saturated rings. The van der Waals surface area contributed by atoms with Crippen LogP contribution in [0, 0.1) is 13.8 Å². The van der Waals surface area contributed by atoms with Crippen molar-refractivity contribution in [3.8, 4) is 0 Å².